The summed E-state index contributed by atoms with van der Waals surface area (Å²) in [7, 11) is 0. The van der Waals surface area contributed by atoms with Crippen LogP contribution in [-0.2, 0) is 4.79 Å². The number of carbonyl (C=O) groups excluding carboxylic acids is 1. The van der Waals surface area contributed by atoms with Crippen LogP contribution in [0.1, 0.15) is 38.7 Å². The molecule has 1 aliphatic carbocycles. The number of anilines is 1. The summed E-state index contributed by atoms with van der Waals surface area (Å²) in [5.74, 6) is 1.61. The largest absolute Gasteiger partial charge is 0.325 e. The number of nitrogens with one attached hydrogen (secondary N) is 2. The van der Waals surface area contributed by atoms with Gasteiger partial charge in [0.15, 0.2) is 0 Å². The number of rotatable bonds is 4. The number of hydrogen-bond acceptors (Lipinski definition) is 2. The minimum Gasteiger partial charge on any atom is -0.325 e. The molecule has 2 N–H and O–H groups in total. The van der Waals surface area contributed by atoms with Crippen molar-refractivity contribution in [2.24, 2.45) is 11.8 Å². The predicted molar refractivity (Wildman–Crippen MR) is 83.8 cm³/mol. The van der Waals surface area contributed by atoms with Gasteiger partial charge in [0, 0.05) is 11.7 Å². The molecular formula is C17H26N2O. The smallest absolute Gasteiger partial charge is 0.238 e. The van der Waals surface area contributed by atoms with E-state index in [4.69, 9.17) is 0 Å². The van der Waals surface area contributed by atoms with E-state index in [1.165, 1.54) is 19.3 Å². The van der Waals surface area contributed by atoms with E-state index in [9.17, 15) is 4.79 Å². The van der Waals surface area contributed by atoms with E-state index in [0.29, 0.717) is 12.6 Å². The fourth-order valence-electron chi connectivity index (χ4n) is 2.88. The van der Waals surface area contributed by atoms with E-state index in [-0.39, 0.29) is 5.91 Å². The minimum atomic E-state index is 0.0468. The maximum atomic E-state index is 12.0. The van der Waals surface area contributed by atoms with Crippen molar-refractivity contribution in [3.63, 3.8) is 0 Å². The standard InChI is InChI=1S/C17H26N2O/c1-12-8-9-15(10-14(12)3)18-11-17(20)19-16-7-5-4-6-13(16)2/h4-7,12,14-15,18H,8-11H2,1-3H3,(H,19,20). The molecule has 1 aromatic carbocycles. The summed E-state index contributed by atoms with van der Waals surface area (Å²) in [4.78, 5) is 12.0. The van der Waals surface area contributed by atoms with Crippen LogP contribution in [0.3, 0.4) is 0 Å². The third kappa shape index (κ3) is 4.07. The van der Waals surface area contributed by atoms with Gasteiger partial charge in [0.2, 0.25) is 5.91 Å². The lowest BCUT2D eigenvalue weighted by Crippen LogP contribution is -2.40. The molecule has 3 heteroatoms. The molecule has 110 valence electrons. The molecule has 0 aliphatic heterocycles. The van der Waals surface area contributed by atoms with Crippen LogP contribution in [0, 0.1) is 18.8 Å². The van der Waals surface area contributed by atoms with Crippen molar-refractivity contribution in [3.8, 4) is 0 Å². The summed E-state index contributed by atoms with van der Waals surface area (Å²) in [5, 5.41) is 6.37. The van der Waals surface area contributed by atoms with E-state index < -0.39 is 0 Å². The first-order valence-corrected chi connectivity index (χ1v) is 7.65. The van der Waals surface area contributed by atoms with Crippen molar-refractivity contribution in [2.75, 3.05) is 11.9 Å². The van der Waals surface area contributed by atoms with Crippen LogP contribution in [0.25, 0.3) is 0 Å². The number of benzene rings is 1. The molecule has 3 nitrogen and oxygen atoms in total. The summed E-state index contributed by atoms with van der Waals surface area (Å²) in [5.41, 5.74) is 2.01. The van der Waals surface area contributed by atoms with Crippen LogP contribution >= 0.6 is 0 Å². The number of amides is 1. The fourth-order valence-corrected chi connectivity index (χ4v) is 2.88. The molecule has 1 saturated carbocycles. The highest BCUT2D eigenvalue weighted by atomic mass is 16.1. The fraction of sp³-hybridized carbons (Fsp3) is 0.588. The zero-order valence-electron chi connectivity index (χ0n) is 12.8. The van der Waals surface area contributed by atoms with Gasteiger partial charge in [-0.05, 0) is 49.7 Å². The van der Waals surface area contributed by atoms with E-state index in [0.717, 1.165) is 23.1 Å². The zero-order valence-corrected chi connectivity index (χ0v) is 12.8. The SMILES string of the molecule is Cc1ccccc1NC(=O)CNC1CCC(C)C(C)C1. The topological polar surface area (TPSA) is 41.1 Å². The summed E-state index contributed by atoms with van der Waals surface area (Å²) in [6, 6.07) is 8.36. The molecule has 1 amide bonds. The highest BCUT2D eigenvalue weighted by molar-refractivity contribution is 5.92. The van der Waals surface area contributed by atoms with Crippen LogP contribution in [0.5, 0.6) is 0 Å². The summed E-state index contributed by atoms with van der Waals surface area (Å²) in [6.07, 6.45) is 3.63. The van der Waals surface area contributed by atoms with Gasteiger partial charge in [-0.1, -0.05) is 32.0 Å². The molecule has 0 radical (unpaired) electrons. The van der Waals surface area contributed by atoms with E-state index >= 15 is 0 Å². The Morgan fingerprint density at radius 2 is 1.95 bits per heavy atom. The van der Waals surface area contributed by atoms with Crippen LogP contribution in [0.4, 0.5) is 5.69 Å². The highest BCUT2D eigenvalue weighted by Crippen LogP contribution is 2.29. The Kier molecular flexibility index (Phi) is 5.18. The third-order valence-electron chi connectivity index (χ3n) is 4.57. The Morgan fingerprint density at radius 1 is 1.20 bits per heavy atom. The number of carbonyl (C=O) groups is 1. The van der Waals surface area contributed by atoms with Crippen molar-refractivity contribution >= 4 is 11.6 Å². The first-order chi connectivity index (χ1) is 9.56. The average molecular weight is 274 g/mol. The number of aryl methyl sites for hydroxylation is 1. The molecule has 2 rings (SSSR count). The normalized spacial score (nSPS) is 26.2. The van der Waals surface area contributed by atoms with Gasteiger partial charge in [-0.2, -0.15) is 0 Å². The Bertz CT molecular complexity index is 458. The Morgan fingerprint density at radius 3 is 2.65 bits per heavy atom. The Balaban J connectivity index is 1.77. The second-order valence-corrected chi connectivity index (χ2v) is 6.21. The lowest BCUT2D eigenvalue weighted by molar-refractivity contribution is -0.115. The summed E-state index contributed by atoms with van der Waals surface area (Å²) >= 11 is 0. The zero-order chi connectivity index (χ0) is 14.5. The molecule has 3 atom stereocenters. The molecular weight excluding hydrogens is 248 g/mol. The van der Waals surface area contributed by atoms with Crippen LogP contribution < -0.4 is 10.6 Å². The van der Waals surface area contributed by atoms with Crippen molar-refractivity contribution in [2.45, 2.75) is 46.1 Å². The van der Waals surface area contributed by atoms with Crippen molar-refractivity contribution < 1.29 is 4.79 Å². The third-order valence-corrected chi connectivity index (χ3v) is 4.57. The Labute approximate surface area is 122 Å². The van der Waals surface area contributed by atoms with Gasteiger partial charge in [-0.25, -0.2) is 0 Å². The van der Waals surface area contributed by atoms with Gasteiger partial charge >= 0.3 is 0 Å². The quantitative estimate of drug-likeness (QED) is 0.884. The molecule has 0 aromatic heterocycles. The van der Waals surface area contributed by atoms with Gasteiger partial charge in [0.1, 0.15) is 0 Å². The first kappa shape index (κ1) is 15.0. The lowest BCUT2D eigenvalue weighted by atomic mass is 9.79. The molecule has 1 fully saturated rings. The van der Waals surface area contributed by atoms with Gasteiger partial charge in [-0.15, -0.1) is 0 Å². The molecule has 1 aliphatic rings. The van der Waals surface area contributed by atoms with Gasteiger partial charge in [0.05, 0.1) is 6.54 Å². The van der Waals surface area contributed by atoms with Crippen molar-refractivity contribution in [1.82, 2.24) is 5.32 Å². The van der Waals surface area contributed by atoms with Crippen LogP contribution in [0.15, 0.2) is 24.3 Å². The molecule has 3 unspecified atom stereocenters. The van der Waals surface area contributed by atoms with Crippen LogP contribution in [0.2, 0.25) is 0 Å². The lowest BCUT2D eigenvalue weighted by Gasteiger charge is -2.32. The second kappa shape index (κ2) is 6.89. The number of para-hydroxylation sites is 1. The van der Waals surface area contributed by atoms with Crippen molar-refractivity contribution in [3.05, 3.63) is 29.8 Å². The van der Waals surface area contributed by atoms with Gasteiger partial charge in [-0.3, -0.25) is 4.79 Å². The van der Waals surface area contributed by atoms with E-state index in [1.54, 1.807) is 0 Å². The molecule has 0 heterocycles. The molecule has 0 bridgehead atoms. The van der Waals surface area contributed by atoms with E-state index in [2.05, 4.69) is 24.5 Å². The maximum absolute atomic E-state index is 12.0. The van der Waals surface area contributed by atoms with Crippen molar-refractivity contribution in [1.29, 1.82) is 0 Å². The molecule has 0 saturated heterocycles. The maximum Gasteiger partial charge on any atom is 0.238 e. The van der Waals surface area contributed by atoms with E-state index in [1.807, 2.05) is 31.2 Å². The monoisotopic (exact) mass is 274 g/mol. The summed E-state index contributed by atoms with van der Waals surface area (Å²) < 4.78 is 0. The molecule has 0 spiro atoms. The minimum absolute atomic E-state index is 0.0468. The van der Waals surface area contributed by atoms with Crippen LogP contribution in [-0.4, -0.2) is 18.5 Å². The molecule has 1 aromatic rings. The average Bonchev–Trinajstić information content (AvgIpc) is 2.43. The predicted octanol–water partition coefficient (Wildman–Crippen LogP) is 3.35. The number of hydrogen-bond donors (Lipinski definition) is 2. The van der Waals surface area contributed by atoms with Gasteiger partial charge < -0.3 is 10.6 Å². The second-order valence-electron chi connectivity index (χ2n) is 6.21. The summed E-state index contributed by atoms with van der Waals surface area (Å²) in [6.45, 7) is 7.05. The van der Waals surface area contributed by atoms with Gasteiger partial charge in [0.25, 0.3) is 0 Å². The molecule has 20 heavy (non-hydrogen) atoms. The highest BCUT2D eigenvalue weighted by Gasteiger charge is 2.24. The Hall–Kier alpha value is -1.35. The first-order valence-electron chi connectivity index (χ1n) is 7.65.